The Morgan fingerprint density at radius 2 is 2.06 bits per heavy atom. The molecule has 1 fully saturated rings. The highest BCUT2D eigenvalue weighted by Gasteiger charge is 2.31. The lowest BCUT2D eigenvalue weighted by Gasteiger charge is -2.20. The van der Waals surface area contributed by atoms with Crippen LogP contribution in [0.25, 0.3) is 10.1 Å². The summed E-state index contributed by atoms with van der Waals surface area (Å²) in [4.78, 5) is 13.2. The summed E-state index contributed by atoms with van der Waals surface area (Å²) in [6.07, 6.45) is 2.42. The van der Waals surface area contributed by atoms with Crippen molar-refractivity contribution in [2.24, 2.45) is 5.73 Å². The normalized spacial score (nSPS) is 14.1. The van der Waals surface area contributed by atoms with E-state index < -0.39 is 12.2 Å². The summed E-state index contributed by atoms with van der Waals surface area (Å²) in [6, 6.07) is 17.1. The Morgan fingerprint density at radius 3 is 2.82 bits per heavy atom. The number of carbonyl (C=O) groups excluding carboxylic acids is 1. The van der Waals surface area contributed by atoms with Gasteiger partial charge in [0, 0.05) is 16.0 Å². The molecule has 0 spiro atoms. The Labute approximate surface area is 193 Å². The molecule has 2 aromatic heterocycles. The number of fused-ring (bicyclic) bond motifs is 1. The minimum atomic E-state index is -0.600. The van der Waals surface area contributed by atoms with Crippen LogP contribution in [0.3, 0.4) is 0 Å². The van der Waals surface area contributed by atoms with Gasteiger partial charge < -0.3 is 19.7 Å². The summed E-state index contributed by atoms with van der Waals surface area (Å²) < 4.78 is 18.1. The number of nitrogens with two attached hydrogens (primary N) is 1. The average molecular weight is 463 g/mol. The van der Waals surface area contributed by atoms with Gasteiger partial charge in [-0.15, -0.1) is 11.3 Å². The number of aromatic nitrogens is 1. The molecule has 0 saturated heterocycles. The minimum Gasteiger partial charge on any atom is -0.481 e. The van der Waals surface area contributed by atoms with E-state index in [9.17, 15) is 4.79 Å². The maximum atomic E-state index is 12.5. The second kappa shape index (κ2) is 8.95. The molecular formula is C24H22N4O4S. The summed E-state index contributed by atoms with van der Waals surface area (Å²) >= 11 is 1.43. The SMILES string of the molecule is N=C(N)c1cc2c(OC(COC(=O)Nc3cnoc3C3CC3)c3ccccc3)cccc2s1. The second-order valence-corrected chi connectivity index (χ2v) is 8.89. The smallest absolute Gasteiger partial charge is 0.411 e. The third-order valence-electron chi connectivity index (χ3n) is 5.38. The number of ether oxygens (including phenoxy) is 2. The average Bonchev–Trinajstić information content (AvgIpc) is 3.38. The van der Waals surface area contributed by atoms with Gasteiger partial charge in [0.25, 0.3) is 0 Å². The summed E-state index contributed by atoms with van der Waals surface area (Å²) in [5.74, 6) is 1.65. The largest absolute Gasteiger partial charge is 0.481 e. The molecule has 1 unspecified atom stereocenters. The van der Waals surface area contributed by atoms with Crippen LogP contribution in [-0.2, 0) is 4.74 Å². The van der Waals surface area contributed by atoms with Crippen molar-refractivity contribution in [3.8, 4) is 5.75 Å². The van der Waals surface area contributed by atoms with Crippen LogP contribution in [-0.4, -0.2) is 23.7 Å². The molecule has 33 heavy (non-hydrogen) atoms. The highest BCUT2D eigenvalue weighted by Crippen LogP contribution is 2.43. The molecular weight excluding hydrogens is 440 g/mol. The van der Waals surface area contributed by atoms with Crippen molar-refractivity contribution in [1.82, 2.24) is 5.16 Å². The second-order valence-electron chi connectivity index (χ2n) is 7.81. The summed E-state index contributed by atoms with van der Waals surface area (Å²) in [6.45, 7) is -0.0000210. The molecule has 4 aromatic rings. The number of anilines is 1. The first-order valence-electron chi connectivity index (χ1n) is 10.6. The maximum Gasteiger partial charge on any atom is 0.411 e. The van der Waals surface area contributed by atoms with E-state index in [0.717, 1.165) is 28.5 Å². The van der Waals surface area contributed by atoms with Crippen LogP contribution in [0.2, 0.25) is 0 Å². The fourth-order valence-electron chi connectivity index (χ4n) is 3.57. The van der Waals surface area contributed by atoms with E-state index in [1.54, 1.807) is 0 Å². The van der Waals surface area contributed by atoms with Crippen LogP contribution in [0.5, 0.6) is 5.75 Å². The number of benzene rings is 2. The third-order valence-corrected chi connectivity index (χ3v) is 6.51. The number of hydrogen-bond acceptors (Lipinski definition) is 7. The zero-order chi connectivity index (χ0) is 22.8. The Morgan fingerprint density at radius 1 is 1.24 bits per heavy atom. The Bertz CT molecular complexity index is 1300. The highest BCUT2D eigenvalue weighted by molar-refractivity contribution is 7.20. The lowest BCUT2D eigenvalue weighted by molar-refractivity contribution is 0.0910. The van der Waals surface area contributed by atoms with Gasteiger partial charge in [-0.25, -0.2) is 4.79 Å². The Kier molecular flexibility index (Phi) is 5.70. The Hall–Kier alpha value is -3.85. The van der Waals surface area contributed by atoms with Crippen molar-refractivity contribution in [3.63, 3.8) is 0 Å². The number of carbonyl (C=O) groups is 1. The third kappa shape index (κ3) is 4.68. The minimum absolute atomic E-state index is 0.0000210. The van der Waals surface area contributed by atoms with Gasteiger partial charge in [0.15, 0.2) is 11.9 Å². The van der Waals surface area contributed by atoms with Crippen LogP contribution in [0.4, 0.5) is 10.5 Å². The number of amides is 1. The fraction of sp³-hybridized carbons (Fsp3) is 0.208. The van der Waals surface area contributed by atoms with E-state index in [1.807, 2.05) is 54.6 Å². The van der Waals surface area contributed by atoms with E-state index in [1.165, 1.54) is 17.5 Å². The molecule has 5 rings (SSSR count). The molecule has 1 aliphatic carbocycles. The maximum absolute atomic E-state index is 12.5. The van der Waals surface area contributed by atoms with Crippen molar-refractivity contribution in [2.45, 2.75) is 24.9 Å². The fourth-order valence-corrected chi connectivity index (χ4v) is 4.51. The molecule has 0 bridgehead atoms. The topological polar surface area (TPSA) is 123 Å². The molecule has 9 heteroatoms. The van der Waals surface area contributed by atoms with Crippen LogP contribution >= 0.6 is 11.3 Å². The molecule has 1 atom stereocenters. The van der Waals surface area contributed by atoms with Gasteiger partial charge in [-0.1, -0.05) is 41.6 Å². The molecule has 8 nitrogen and oxygen atoms in total. The van der Waals surface area contributed by atoms with Crippen LogP contribution < -0.4 is 15.8 Å². The molecule has 0 radical (unpaired) electrons. The number of hydrogen-bond donors (Lipinski definition) is 3. The van der Waals surface area contributed by atoms with Gasteiger partial charge in [-0.3, -0.25) is 10.7 Å². The van der Waals surface area contributed by atoms with Gasteiger partial charge in [-0.05, 0) is 36.6 Å². The number of amidine groups is 1. The molecule has 0 aliphatic heterocycles. The van der Waals surface area contributed by atoms with Crippen molar-refractivity contribution in [2.75, 3.05) is 11.9 Å². The van der Waals surface area contributed by atoms with Crippen molar-refractivity contribution < 1.29 is 18.8 Å². The van der Waals surface area contributed by atoms with E-state index in [4.69, 9.17) is 25.1 Å². The van der Waals surface area contributed by atoms with Crippen molar-refractivity contribution in [1.29, 1.82) is 5.41 Å². The summed E-state index contributed by atoms with van der Waals surface area (Å²) in [7, 11) is 0. The zero-order valence-electron chi connectivity index (χ0n) is 17.6. The van der Waals surface area contributed by atoms with Crippen LogP contribution in [0.1, 0.15) is 41.1 Å². The summed E-state index contributed by atoms with van der Waals surface area (Å²) in [5, 5.41) is 15.1. The summed E-state index contributed by atoms with van der Waals surface area (Å²) in [5.41, 5.74) is 7.08. The first-order chi connectivity index (χ1) is 16.1. The molecule has 2 heterocycles. The highest BCUT2D eigenvalue weighted by atomic mass is 32.1. The lowest BCUT2D eigenvalue weighted by Crippen LogP contribution is -2.21. The first-order valence-corrected chi connectivity index (χ1v) is 11.4. The molecule has 168 valence electrons. The Balaban J connectivity index is 1.34. The monoisotopic (exact) mass is 462 g/mol. The van der Waals surface area contributed by atoms with E-state index in [0.29, 0.717) is 28.0 Å². The molecule has 4 N–H and O–H groups in total. The van der Waals surface area contributed by atoms with Gasteiger partial charge in [0.05, 0.1) is 11.1 Å². The van der Waals surface area contributed by atoms with Gasteiger partial charge >= 0.3 is 6.09 Å². The number of nitrogens with zero attached hydrogens (tertiary/aromatic N) is 1. The van der Waals surface area contributed by atoms with Crippen LogP contribution in [0, 0.1) is 5.41 Å². The number of nitrogens with one attached hydrogen (secondary N) is 2. The van der Waals surface area contributed by atoms with Crippen molar-refractivity contribution in [3.05, 3.63) is 77.0 Å². The number of nitrogen functional groups attached to an aromatic ring is 1. The van der Waals surface area contributed by atoms with Gasteiger partial charge in [0.2, 0.25) is 0 Å². The predicted octanol–water partition coefficient (Wildman–Crippen LogP) is 5.42. The molecule has 1 aliphatic rings. The van der Waals surface area contributed by atoms with E-state index >= 15 is 0 Å². The standard InChI is InChI=1S/C24H22N4O4S/c25-23(26)21-11-16-18(7-4-8-20(16)33-21)31-19(14-5-2-1-3-6-14)13-30-24(29)28-17-12-27-32-22(17)15-9-10-15/h1-8,11-12,15,19H,9-10,13H2,(H3,25,26)(H,28,29). The quantitative estimate of drug-likeness (QED) is 0.237. The number of thiophene rings is 1. The van der Waals surface area contributed by atoms with E-state index in [2.05, 4.69) is 10.5 Å². The molecule has 1 amide bonds. The van der Waals surface area contributed by atoms with Crippen molar-refractivity contribution >= 4 is 39.0 Å². The van der Waals surface area contributed by atoms with Gasteiger partial charge in [0.1, 0.15) is 23.9 Å². The van der Waals surface area contributed by atoms with Crippen LogP contribution in [0.15, 0.2) is 65.3 Å². The van der Waals surface area contributed by atoms with E-state index in [-0.39, 0.29) is 12.4 Å². The molecule has 2 aromatic carbocycles. The zero-order valence-corrected chi connectivity index (χ0v) is 18.4. The lowest BCUT2D eigenvalue weighted by atomic mass is 10.1. The predicted molar refractivity (Wildman–Crippen MR) is 126 cm³/mol. The molecule has 1 saturated carbocycles. The van der Waals surface area contributed by atoms with Gasteiger partial charge in [-0.2, -0.15) is 0 Å². The number of rotatable bonds is 8. The first kappa shape index (κ1) is 21.0.